The van der Waals surface area contributed by atoms with Crippen molar-refractivity contribution in [2.75, 3.05) is 6.54 Å². The van der Waals surface area contributed by atoms with Gasteiger partial charge in [0.25, 0.3) is 0 Å². The third-order valence-corrected chi connectivity index (χ3v) is 2.32. The van der Waals surface area contributed by atoms with Crippen molar-refractivity contribution < 1.29 is 9.59 Å². The first kappa shape index (κ1) is 14.9. The lowest BCUT2D eigenvalue weighted by Gasteiger charge is -2.27. The fourth-order valence-electron chi connectivity index (χ4n) is 1.65. The smallest absolute Gasteiger partial charge is 0.231 e. The molecule has 0 spiro atoms. The third-order valence-electron chi connectivity index (χ3n) is 2.32. The van der Waals surface area contributed by atoms with Crippen LogP contribution in [0, 0.1) is 11.3 Å². The number of allylic oxidation sites excluding steroid dienone is 1. The topological polar surface area (TPSA) is 46.2 Å². The maximum Gasteiger partial charge on any atom is 0.231 e. The molecule has 0 rings (SSSR count). The Hall–Kier alpha value is -1.12. The van der Waals surface area contributed by atoms with Crippen LogP contribution in [0.4, 0.5) is 0 Å². The van der Waals surface area contributed by atoms with Crippen LogP contribution in [0.1, 0.15) is 41.5 Å². The first-order chi connectivity index (χ1) is 7.16. The second-order valence-corrected chi connectivity index (χ2v) is 5.44. The number of rotatable bonds is 4. The summed E-state index contributed by atoms with van der Waals surface area (Å²) in [7, 11) is 0. The summed E-state index contributed by atoms with van der Waals surface area (Å²) in [6, 6.07) is 0. The molecular formula is C13H23NO2. The Balaban J connectivity index is 4.54. The number of ketones is 1. The molecule has 0 radical (unpaired) electrons. The number of carbonyl (C=O) groups excluding carboxylic acids is 2. The summed E-state index contributed by atoms with van der Waals surface area (Å²) in [5, 5.41) is 2.77. The average molecular weight is 225 g/mol. The van der Waals surface area contributed by atoms with E-state index < -0.39 is 5.92 Å². The van der Waals surface area contributed by atoms with Crippen molar-refractivity contribution in [3.63, 3.8) is 0 Å². The van der Waals surface area contributed by atoms with E-state index in [4.69, 9.17) is 0 Å². The van der Waals surface area contributed by atoms with Crippen LogP contribution in [0.3, 0.4) is 0 Å². The van der Waals surface area contributed by atoms with Crippen LogP contribution in [-0.4, -0.2) is 18.2 Å². The standard InChI is InChI=1S/C13H23NO2/c1-9(2)7-8-14-12(16)11(10(3)15)13(4,5)6/h7,11H,8H2,1-6H3,(H,14,16). The van der Waals surface area contributed by atoms with Crippen LogP contribution in [-0.2, 0) is 9.59 Å². The molecule has 0 saturated carbocycles. The van der Waals surface area contributed by atoms with Gasteiger partial charge in [0, 0.05) is 6.54 Å². The molecule has 0 aromatic carbocycles. The summed E-state index contributed by atoms with van der Waals surface area (Å²) < 4.78 is 0. The first-order valence-corrected chi connectivity index (χ1v) is 5.57. The molecule has 0 bridgehead atoms. The van der Waals surface area contributed by atoms with E-state index in [1.165, 1.54) is 6.92 Å². The van der Waals surface area contributed by atoms with E-state index >= 15 is 0 Å². The summed E-state index contributed by atoms with van der Waals surface area (Å²) in [6.45, 7) is 11.6. The highest BCUT2D eigenvalue weighted by Crippen LogP contribution is 2.26. The number of nitrogens with one attached hydrogen (secondary N) is 1. The molecule has 0 fully saturated rings. The largest absolute Gasteiger partial charge is 0.352 e. The second-order valence-electron chi connectivity index (χ2n) is 5.44. The normalized spacial score (nSPS) is 12.9. The van der Waals surface area contributed by atoms with Crippen LogP contribution in [0.2, 0.25) is 0 Å². The molecular weight excluding hydrogens is 202 g/mol. The quantitative estimate of drug-likeness (QED) is 0.589. The highest BCUT2D eigenvalue weighted by molar-refractivity contribution is 6.01. The predicted octanol–water partition coefficient (Wildman–Crippen LogP) is 2.32. The number of hydrogen-bond acceptors (Lipinski definition) is 2. The number of hydrogen-bond donors (Lipinski definition) is 1. The van der Waals surface area contributed by atoms with Gasteiger partial charge in [-0.1, -0.05) is 32.4 Å². The van der Waals surface area contributed by atoms with Crippen LogP contribution in [0.15, 0.2) is 11.6 Å². The Bertz CT molecular complexity index is 294. The van der Waals surface area contributed by atoms with Gasteiger partial charge in [0.2, 0.25) is 5.91 Å². The van der Waals surface area contributed by atoms with Gasteiger partial charge in [0.15, 0.2) is 0 Å². The molecule has 3 heteroatoms. The fraction of sp³-hybridized carbons (Fsp3) is 0.692. The molecule has 0 saturated heterocycles. The summed E-state index contributed by atoms with van der Waals surface area (Å²) in [6.07, 6.45) is 1.93. The van der Waals surface area contributed by atoms with E-state index in [9.17, 15) is 9.59 Å². The maximum atomic E-state index is 11.9. The molecule has 0 aliphatic rings. The van der Waals surface area contributed by atoms with Gasteiger partial charge in [0.1, 0.15) is 11.7 Å². The highest BCUT2D eigenvalue weighted by atomic mass is 16.2. The number of carbonyl (C=O) groups is 2. The van der Waals surface area contributed by atoms with E-state index in [0.29, 0.717) is 6.54 Å². The summed E-state index contributed by atoms with van der Waals surface area (Å²) in [4.78, 5) is 23.3. The van der Waals surface area contributed by atoms with Gasteiger partial charge >= 0.3 is 0 Å². The van der Waals surface area contributed by atoms with Crippen molar-refractivity contribution in [3.8, 4) is 0 Å². The monoisotopic (exact) mass is 225 g/mol. The molecule has 3 nitrogen and oxygen atoms in total. The van der Waals surface area contributed by atoms with E-state index in [2.05, 4.69) is 5.32 Å². The van der Waals surface area contributed by atoms with Crippen LogP contribution in [0.25, 0.3) is 0 Å². The van der Waals surface area contributed by atoms with Gasteiger partial charge in [-0.2, -0.15) is 0 Å². The highest BCUT2D eigenvalue weighted by Gasteiger charge is 2.34. The molecule has 0 aliphatic carbocycles. The summed E-state index contributed by atoms with van der Waals surface area (Å²) in [5.41, 5.74) is 0.816. The van der Waals surface area contributed by atoms with Crippen molar-refractivity contribution >= 4 is 11.7 Å². The second kappa shape index (κ2) is 5.83. The Morgan fingerprint density at radius 2 is 1.69 bits per heavy atom. The molecule has 1 unspecified atom stereocenters. The van der Waals surface area contributed by atoms with E-state index in [-0.39, 0.29) is 17.1 Å². The third kappa shape index (κ3) is 5.10. The Labute approximate surface area is 98.3 Å². The predicted molar refractivity (Wildman–Crippen MR) is 66.1 cm³/mol. The van der Waals surface area contributed by atoms with Crippen LogP contribution in [0.5, 0.6) is 0 Å². The Morgan fingerprint density at radius 3 is 2.00 bits per heavy atom. The van der Waals surface area contributed by atoms with Crippen LogP contribution >= 0.6 is 0 Å². The van der Waals surface area contributed by atoms with E-state index in [0.717, 1.165) is 5.57 Å². The molecule has 0 aliphatic heterocycles. The van der Waals surface area contributed by atoms with Crippen LogP contribution < -0.4 is 5.32 Å². The fourth-order valence-corrected chi connectivity index (χ4v) is 1.65. The summed E-state index contributed by atoms with van der Waals surface area (Å²) in [5.74, 6) is -0.835. The molecule has 1 atom stereocenters. The summed E-state index contributed by atoms with van der Waals surface area (Å²) >= 11 is 0. The molecule has 1 N–H and O–H groups in total. The van der Waals surface area contributed by atoms with Gasteiger partial charge in [-0.25, -0.2) is 0 Å². The molecule has 0 heterocycles. The zero-order valence-corrected chi connectivity index (χ0v) is 11.2. The van der Waals surface area contributed by atoms with Gasteiger partial charge in [0.05, 0.1) is 0 Å². The van der Waals surface area contributed by atoms with E-state index in [1.807, 2.05) is 40.7 Å². The Morgan fingerprint density at radius 1 is 1.19 bits per heavy atom. The Kier molecular flexibility index (Phi) is 5.42. The minimum Gasteiger partial charge on any atom is -0.352 e. The van der Waals surface area contributed by atoms with Crippen molar-refractivity contribution in [2.24, 2.45) is 11.3 Å². The lowest BCUT2D eigenvalue weighted by Crippen LogP contribution is -2.42. The minimum absolute atomic E-state index is 0.0813. The molecule has 1 amide bonds. The van der Waals surface area contributed by atoms with Crippen molar-refractivity contribution in [1.82, 2.24) is 5.32 Å². The van der Waals surface area contributed by atoms with E-state index in [1.54, 1.807) is 0 Å². The molecule has 16 heavy (non-hydrogen) atoms. The maximum absolute atomic E-state index is 11.9. The molecule has 0 aromatic heterocycles. The van der Waals surface area contributed by atoms with Gasteiger partial charge in [-0.15, -0.1) is 0 Å². The first-order valence-electron chi connectivity index (χ1n) is 5.57. The lowest BCUT2D eigenvalue weighted by molar-refractivity contribution is -0.137. The van der Waals surface area contributed by atoms with Gasteiger partial charge in [-0.05, 0) is 26.2 Å². The molecule has 0 aromatic rings. The lowest BCUT2D eigenvalue weighted by atomic mass is 9.78. The number of Topliss-reactive ketones (excluding diaryl/α,β-unsaturated/α-hetero) is 1. The zero-order valence-electron chi connectivity index (χ0n) is 11.2. The number of amides is 1. The minimum atomic E-state index is -0.571. The van der Waals surface area contributed by atoms with Crippen molar-refractivity contribution in [2.45, 2.75) is 41.5 Å². The van der Waals surface area contributed by atoms with Gasteiger partial charge < -0.3 is 5.32 Å². The SMILES string of the molecule is CC(=O)C(C(=O)NCC=C(C)C)C(C)(C)C. The molecule has 92 valence electrons. The average Bonchev–Trinajstić information content (AvgIpc) is 1.98. The zero-order chi connectivity index (χ0) is 12.9. The van der Waals surface area contributed by atoms with Crippen molar-refractivity contribution in [1.29, 1.82) is 0 Å². The van der Waals surface area contributed by atoms with Crippen molar-refractivity contribution in [3.05, 3.63) is 11.6 Å². The van der Waals surface area contributed by atoms with Gasteiger partial charge in [-0.3, -0.25) is 9.59 Å².